The van der Waals surface area contributed by atoms with Crippen molar-refractivity contribution in [3.05, 3.63) is 0 Å². The first kappa shape index (κ1) is 14.2. The standard InChI is InChI=1S/C11H17FN2O5/c1-5-3-7(16)13-10(17)14(5)9-8(12)11(2,18)6(4-15)19-9/h5-6,8-9,15,18H,3-4H2,1-2H3,(H,13,16,17). The van der Waals surface area contributed by atoms with Crippen LogP contribution in [0.3, 0.4) is 0 Å². The smallest absolute Gasteiger partial charge is 0.326 e. The number of rotatable bonds is 2. The Morgan fingerprint density at radius 2 is 2.21 bits per heavy atom. The molecule has 19 heavy (non-hydrogen) atoms. The lowest BCUT2D eigenvalue weighted by molar-refractivity contribution is -0.128. The Labute approximate surface area is 109 Å². The number of imide groups is 1. The molecule has 2 rings (SSSR count). The Morgan fingerprint density at radius 3 is 2.68 bits per heavy atom. The number of ether oxygens (including phenoxy) is 1. The molecule has 8 heteroatoms. The van der Waals surface area contributed by atoms with Crippen molar-refractivity contribution in [2.24, 2.45) is 0 Å². The van der Waals surface area contributed by atoms with Crippen LogP contribution in [0.15, 0.2) is 0 Å². The van der Waals surface area contributed by atoms with Crippen molar-refractivity contribution in [3.8, 4) is 0 Å². The van der Waals surface area contributed by atoms with Gasteiger partial charge in [-0.1, -0.05) is 0 Å². The third kappa shape index (κ3) is 2.19. The van der Waals surface area contributed by atoms with Crippen molar-refractivity contribution in [2.75, 3.05) is 6.61 Å². The molecule has 2 heterocycles. The van der Waals surface area contributed by atoms with E-state index >= 15 is 0 Å². The van der Waals surface area contributed by atoms with Crippen LogP contribution in [0.25, 0.3) is 0 Å². The molecule has 108 valence electrons. The first-order valence-electron chi connectivity index (χ1n) is 6.04. The number of amides is 3. The molecule has 5 unspecified atom stereocenters. The van der Waals surface area contributed by atoms with Crippen LogP contribution < -0.4 is 5.32 Å². The third-order valence-corrected chi connectivity index (χ3v) is 3.64. The summed E-state index contributed by atoms with van der Waals surface area (Å²) in [5.74, 6) is -0.437. The molecule has 0 aromatic rings. The van der Waals surface area contributed by atoms with Crippen molar-refractivity contribution in [1.29, 1.82) is 0 Å². The van der Waals surface area contributed by atoms with Gasteiger partial charge in [-0.15, -0.1) is 0 Å². The van der Waals surface area contributed by atoms with E-state index in [1.807, 2.05) is 0 Å². The minimum atomic E-state index is -1.89. The number of hydrogen-bond acceptors (Lipinski definition) is 5. The Morgan fingerprint density at radius 1 is 1.58 bits per heavy atom. The Kier molecular flexibility index (Phi) is 3.50. The van der Waals surface area contributed by atoms with Crippen LogP contribution in [0.1, 0.15) is 20.3 Å². The highest BCUT2D eigenvalue weighted by Crippen LogP contribution is 2.36. The minimum absolute atomic E-state index is 0.0320. The lowest BCUT2D eigenvalue weighted by atomic mass is 9.95. The van der Waals surface area contributed by atoms with Crippen LogP contribution >= 0.6 is 0 Å². The number of aliphatic hydroxyl groups is 2. The zero-order valence-corrected chi connectivity index (χ0v) is 10.7. The van der Waals surface area contributed by atoms with Gasteiger partial charge in [0.15, 0.2) is 12.4 Å². The monoisotopic (exact) mass is 276 g/mol. The Bertz CT molecular complexity index is 403. The number of urea groups is 1. The SMILES string of the molecule is CC1CC(=O)NC(=O)N1C1OC(CO)C(C)(O)C1F. The molecule has 3 N–H and O–H groups in total. The lowest BCUT2D eigenvalue weighted by Crippen LogP contribution is -2.60. The predicted octanol–water partition coefficient (Wildman–Crippen LogP) is -0.877. The van der Waals surface area contributed by atoms with E-state index in [4.69, 9.17) is 9.84 Å². The van der Waals surface area contributed by atoms with Gasteiger partial charge in [0.25, 0.3) is 0 Å². The quantitative estimate of drug-likeness (QED) is 0.608. The average molecular weight is 276 g/mol. The molecule has 7 nitrogen and oxygen atoms in total. The zero-order chi connectivity index (χ0) is 14.4. The van der Waals surface area contributed by atoms with Gasteiger partial charge in [0.1, 0.15) is 11.7 Å². The first-order chi connectivity index (χ1) is 8.78. The van der Waals surface area contributed by atoms with Crippen molar-refractivity contribution in [3.63, 3.8) is 0 Å². The second-order valence-electron chi connectivity index (χ2n) is 5.14. The number of carbonyl (C=O) groups is 2. The summed E-state index contributed by atoms with van der Waals surface area (Å²) < 4.78 is 19.5. The fourth-order valence-corrected chi connectivity index (χ4v) is 2.44. The van der Waals surface area contributed by atoms with Crippen LogP contribution in [-0.4, -0.2) is 63.8 Å². The second-order valence-corrected chi connectivity index (χ2v) is 5.14. The molecule has 0 radical (unpaired) electrons. The number of halogens is 1. The van der Waals surface area contributed by atoms with Gasteiger partial charge in [-0.25, -0.2) is 9.18 Å². The summed E-state index contributed by atoms with van der Waals surface area (Å²) in [6.07, 6.45) is -4.28. The van der Waals surface area contributed by atoms with E-state index < -0.39 is 48.7 Å². The molecular weight excluding hydrogens is 259 g/mol. The number of nitrogens with zero attached hydrogens (tertiary/aromatic N) is 1. The zero-order valence-electron chi connectivity index (χ0n) is 10.7. The average Bonchev–Trinajstić information content (AvgIpc) is 2.51. The molecule has 0 aromatic heterocycles. The van der Waals surface area contributed by atoms with Crippen molar-refractivity contribution < 1.29 is 28.9 Å². The number of carbonyl (C=O) groups excluding carboxylic acids is 2. The molecule has 2 aliphatic rings. The molecule has 2 fully saturated rings. The largest absolute Gasteiger partial charge is 0.394 e. The van der Waals surface area contributed by atoms with Gasteiger partial charge in [0.2, 0.25) is 5.91 Å². The van der Waals surface area contributed by atoms with Gasteiger partial charge in [0, 0.05) is 12.5 Å². The maximum Gasteiger partial charge on any atom is 0.326 e. The fourth-order valence-electron chi connectivity index (χ4n) is 2.44. The lowest BCUT2D eigenvalue weighted by Gasteiger charge is -2.37. The molecule has 5 atom stereocenters. The molecule has 3 amide bonds. The highest BCUT2D eigenvalue weighted by molar-refractivity contribution is 5.97. The summed E-state index contributed by atoms with van der Waals surface area (Å²) in [6.45, 7) is 2.23. The maximum atomic E-state index is 14.2. The fraction of sp³-hybridized carbons (Fsp3) is 0.818. The topological polar surface area (TPSA) is 99.1 Å². The molecule has 0 aromatic carbocycles. The van der Waals surface area contributed by atoms with Gasteiger partial charge in [-0.3, -0.25) is 15.0 Å². The number of nitrogens with one attached hydrogen (secondary N) is 1. The Balaban J connectivity index is 2.23. The van der Waals surface area contributed by atoms with Crippen LogP contribution in [0.4, 0.5) is 9.18 Å². The highest BCUT2D eigenvalue weighted by Gasteiger charge is 2.57. The summed E-state index contributed by atoms with van der Waals surface area (Å²) >= 11 is 0. The first-order valence-corrected chi connectivity index (χ1v) is 6.04. The van der Waals surface area contributed by atoms with Crippen LogP contribution in [0.2, 0.25) is 0 Å². The molecule has 2 saturated heterocycles. The normalized spacial score (nSPS) is 43.5. The molecule has 0 bridgehead atoms. The Hall–Kier alpha value is -1.25. The highest BCUT2D eigenvalue weighted by atomic mass is 19.1. The predicted molar refractivity (Wildman–Crippen MR) is 60.7 cm³/mol. The number of hydrogen-bond donors (Lipinski definition) is 3. The van der Waals surface area contributed by atoms with Crippen LogP contribution in [0.5, 0.6) is 0 Å². The molecule has 2 aliphatic heterocycles. The summed E-state index contributed by atoms with van der Waals surface area (Å²) in [6, 6.07) is -1.30. The van der Waals surface area contributed by atoms with Crippen LogP contribution in [0, 0.1) is 0 Å². The van der Waals surface area contributed by atoms with Gasteiger partial charge in [0.05, 0.1) is 6.61 Å². The van der Waals surface area contributed by atoms with E-state index in [0.29, 0.717) is 0 Å². The molecule has 0 aliphatic carbocycles. The number of aliphatic hydroxyl groups excluding tert-OH is 1. The maximum absolute atomic E-state index is 14.2. The molecule has 0 saturated carbocycles. The molecule has 0 spiro atoms. The van der Waals surface area contributed by atoms with Gasteiger partial charge in [-0.2, -0.15) is 0 Å². The minimum Gasteiger partial charge on any atom is -0.394 e. The van der Waals surface area contributed by atoms with E-state index in [0.717, 1.165) is 4.90 Å². The van der Waals surface area contributed by atoms with Gasteiger partial charge < -0.3 is 14.9 Å². The number of alkyl halides is 1. The molecular formula is C11H17FN2O5. The van der Waals surface area contributed by atoms with Gasteiger partial charge in [-0.05, 0) is 13.8 Å². The van der Waals surface area contributed by atoms with E-state index in [-0.39, 0.29) is 6.42 Å². The third-order valence-electron chi connectivity index (χ3n) is 3.64. The second kappa shape index (κ2) is 4.69. The summed E-state index contributed by atoms with van der Waals surface area (Å²) in [4.78, 5) is 24.0. The van der Waals surface area contributed by atoms with Gasteiger partial charge >= 0.3 is 6.03 Å². The van der Waals surface area contributed by atoms with E-state index in [1.165, 1.54) is 6.92 Å². The van der Waals surface area contributed by atoms with E-state index in [1.54, 1.807) is 6.92 Å². The van der Waals surface area contributed by atoms with Crippen molar-refractivity contribution in [2.45, 2.75) is 50.4 Å². The van der Waals surface area contributed by atoms with Crippen molar-refractivity contribution in [1.82, 2.24) is 10.2 Å². The van der Waals surface area contributed by atoms with Crippen molar-refractivity contribution >= 4 is 11.9 Å². The van der Waals surface area contributed by atoms with Crippen LogP contribution in [-0.2, 0) is 9.53 Å². The summed E-state index contributed by atoms with van der Waals surface area (Å²) in [5.41, 5.74) is -1.89. The summed E-state index contributed by atoms with van der Waals surface area (Å²) in [5, 5.41) is 21.1. The van der Waals surface area contributed by atoms with E-state index in [2.05, 4.69) is 5.32 Å². The summed E-state index contributed by atoms with van der Waals surface area (Å²) in [7, 11) is 0. The van der Waals surface area contributed by atoms with E-state index in [9.17, 15) is 19.1 Å².